The molecule has 0 saturated carbocycles. The molecule has 0 spiro atoms. The number of fused-ring (bicyclic) bond motifs is 1. The first-order valence-electron chi connectivity index (χ1n) is 7.13. The van der Waals surface area contributed by atoms with Gasteiger partial charge in [-0.05, 0) is 42.0 Å². The summed E-state index contributed by atoms with van der Waals surface area (Å²) in [5.41, 5.74) is 1.49. The van der Waals surface area contributed by atoms with Crippen molar-refractivity contribution in [2.75, 3.05) is 5.32 Å². The number of rotatable bonds is 3. The first-order valence-corrected chi connectivity index (χ1v) is 7.13. The van der Waals surface area contributed by atoms with E-state index < -0.39 is 11.6 Å². The maximum atomic E-state index is 12.2. The molecule has 0 aliphatic rings. The molecule has 2 N–H and O–H groups in total. The van der Waals surface area contributed by atoms with Gasteiger partial charge in [0, 0.05) is 18.0 Å². The number of benzene rings is 2. The zero-order valence-electron chi connectivity index (χ0n) is 12.7. The molecule has 1 amide bonds. The Labute approximate surface area is 136 Å². The fourth-order valence-corrected chi connectivity index (χ4v) is 2.40. The molecule has 1 aromatic heterocycles. The minimum Gasteiger partial charge on any atom is -0.478 e. The van der Waals surface area contributed by atoms with Crippen molar-refractivity contribution < 1.29 is 19.1 Å². The molecule has 0 aliphatic carbocycles. The molecule has 6 nitrogen and oxygen atoms in total. The minimum absolute atomic E-state index is 0.136. The quantitative estimate of drug-likeness (QED) is 0.722. The molecule has 120 valence electrons. The van der Waals surface area contributed by atoms with Crippen LogP contribution in [0, 0.1) is 0 Å². The van der Waals surface area contributed by atoms with Crippen LogP contribution in [-0.2, 0) is 4.79 Å². The number of hydrogen-bond acceptors (Lipinski definition) is 4. The highest BCUT2D eigenvalue weighted by Crippen LogP contribution is 2.24. The van der Waals surface area contributed by atoms with Crippen molar-refractivity contribution in [2.45, 2.75) is 6.92 Å². The molecule has 0 fully saturated rings. The summed E-state index contributed by atoms with van der Waals surface area (Å²) in [7, 11) is 0. The number of carbonyl (C=O) groups excluding carboxylic acids is 1. The number of carbonyl (C=O) groups is 2. The first-order chi connectivity index (χ1) is 11.4. The van der Waals surface area contributed by atoms with Gasteiger partial charge >= 0.3 is 11.6 Å². The number of anilines is 1. The van der Waals surface area contributed by atoms with Gasteiger partial charge in [-0.15, -0.1) is 0 Å². The van der Waals surface area contributed by atoms with Crippen molar-refractivity contribution in [3.8, 4) is 11.1 Å². The van der Waals surface area contributed by atoms with Crippen molar-refractivity contribution in [3.63, 3.8) is 0 Å². The lowest BCUT2D eigenvalue weighted by Gasteiger charge is -2.06. The van der Waals surface area contributed by atoms with E-state index in [-0.39, 0.29) is 11.5 Å². The summed E-state index contributed by atoms with van der Waals surface area (Å²) < 4.78 is 5.30. The van der Waals surface area contributed by atoms with Gasteiger partial charge < -0.3 is 14.8 Å². The van der Waals surface area contributed by atoms with Crippen LogP contribution in [0.15, 0.2) is 57.7 Å². The Kier molecular flexibility index (Phi) is 3.87. The van der Waals surface area contributed by atoms with E-state index in [9.17, 15) is 14.4 Å². The van der Waals surface area contributed by atoms with Crippen LogP contribution in [0.5, 0.6) is 0 Å². The van der Waals surface area contributed by atoms with Gasteiger partial charge in [0.15, 0.2) is 0 Å². The van der Waals surface area contributed by atoms with Gasteiger partial charge in [-0.25, -0.2) is 9.59 Å². The SMILES string of the molecule is CC(=O)Nc1ccc2oc(=O)c(-c3ccc(C(=O)O)cc3)cc2c1. The summed E-state index contributed by atoms with van der Waals surface area (Å²) in [4.78, 5) is 34.2. The number of aromatic carboxylic acids is 1. The maximum absolute atomic E-state index is 12.2. The van der Waals surface area contributed by atoms with Crippen molar-refractivity contribution in [2.24, 2.45) is 0 Å². The van der Waals surface area contributed by atoms with Gasteiger partial charge in [-0.2, -0.15) is 0 Å². The van der Waals surface area contributed by atoms with Gasteiger partial charge in [-0.3, -0.25) is 4.79 Å². The van der Waals surface area contributed by atoms with Crippen LogP contribution in [0.4, 0.5) is 5.69 Å². The molecule has 6 heteroatoms. The number of nitrogens with one attached hydrogen (secondary N) is 1. The smallest absolute Gasteiger partial charge is 0.344 e. The highest BCUT2D eigenvalue weighted by atomic mass is 16.4. The molecular formula is C18H13NO5. The van der Waals surface area contributed by atoms with Crippen LogP contribution in [0.25, 0.3) is 22.1 Å². The molecule has 24 heavy (non-hydrogen) atoms. The zero-order valence-corrected chi connectivity index (χ0v) is 12.7. The van der Waals surface area contributed by atoms with E-state index >= 15 is 0 Å². The average Bonchev–Trinajstić information content (AvgIpc) is 2.54. The number of amides is 1. The van der Waals surface area contributed by atoms with E-state index in [1.807, 2.05) is 0 Å². The molecule has 0 unspecified atom stereocenters. The minimum atomic E-state index is -1.04. The zero-order chi connectivity index (χ0) is 17.3. The third-order valence-corrected chi connectivity index (χ3v) is 3.50. The molecule has 1 heterocycles. The van der Waals surface area contributed by atoms with Crippen molar-refractivity contribution >= 4 is 28.5 Å². The Morgan fingerprint density at radius 3 is 2.38 bits per heavy atom. The normalized spacial score (nSPS) is 10.5. The molecule has 0 atom stereocenters. The number of hydrogen-bond donors (Lipinski definition) is 2. The molecule has 0 bridgehead atoms. The van der Waals surface area contributed by atoms with Gasteiger partial charge in [0.25, 0.3) is 0 Å². The van der Waals surface area contributed by atoms with Crippen LogP contribution < -0.4 is 10.9 Å². The third-order valence-electron chi connectivity index (χ3n) is 3.50. The fourth-order valence-electron chi connectivity index (χ4n) is 2.40. The molecule has 0 saturated heterocycles. The Hall–Kier alpha value is -3.41. The van der Waals surface area contributed by atoms with Crippen molar-refractivity contribution in [1.29, 1.82) is 0 Å². The molecule has 0 aliphatic heterocycles. The summed E-state index contributed by atoms with van der Waals surface area (Å²) in [6, 6.07) is 12.6. The Bertz CT molecular complexity index is 1000. The van der Waals surface area contributed by atoms with Gasteiger partial charge in [-0.1, -0.05) is 12.1 Å². The average molecular weight is 323 g/mol. The largest absolute Gasteiger partial charge is 0.478 e. The second-order valence-corrected chi connectivity index (χ2v) is 5.26. The summed E-state index contributed by atoms with van der Waals surface area (Å²) in [6.45, 7) is 1.41. The second-order valence-electron chi connectivity index (χ2n) is 5.26. The monoisotopic (exact) mass is 323 g/mol. The lowest BCUT2D eigenvalue weighted by Crippen LogP contribution is -2.06. The van der Waals surface area contributed by atoms with Crippen molar-refractivity contribution in [1.82, 2.24) is 0 Å². The van der Waals surface area contributed by atoms with E-state index in [1.54, 1.807) is 36.4 Å². The topological polar surface area (TPSA) is 96.6 Å². The predicted molar refractivity (Wildman–Crippen MR) is 89.2 cm³/mol. The lowest BCUT2D eigenvalue weighted by atomic mass is 10.0. The third kappa shape index (κ3) is 3.03. The highest BCUT2D eigenvalue weighted by molar-refractivity contribution is 5.93. The van der Waals surface area contributed by atoms with Crippen molar-refractivity contribution in [3.05, 3.63) is 64.5 Å². The lowest BCUT2D eigenvalue weighted by molar-refractivity contribution is -0.114. The molecule has 0 radical (unpaired) electrons. The fraction of sp³-hybridized carbons (Fsp3) is 0.0556. The number of carboxylic acids is 1. The molecule has 2 aromatic carbocycles. The van der Waals surface area contributed by atoms with E-state index in [0.29, 0.717) is 27.8 Å². The van der Waals surface area contributed by atoms with E-state index in [4.69, 9.17) is 9.52 Å². The van der Waals surface area contributed by atoms with Crippen LogP contribution in [0.2, 0.25) is 0 Å². The van der Waals surface area contributed by atoms with E-state index in [1.165, 1.54) is 19.1 Å². The van der Waals surface area contributed by atoms with E-state index in [2.05, 4.69) is 5.32 Å². The summed E-state index contributed by atoms with van der Waals surface area (Å²) in [5, 5.41) is 12.2. The van der Waals surface area contributed by atoms with Crippen LogP contribution in [0.3, 0.4) is 0 Å². The summed E-state index contributed by atoms with van der Waals surface area (Å²) in [6.07, 6.45) is 0. The van der Waals surface area contributed by atoms with Crippen LogP contribution in [-0.4, -0.2) is 17.0 Å². The Morgan fingerprint density at radius 2 is 1.75 bits per heavy atom. The van der Waals surface area contributed by atoms with Gasteiger partial charge in [0.2, 0.25) is 5.91 Å². The summed E-state index contributed by atoms with van der Waals surface area (Å²) >= 11 is 0. The molecule has 3 aromatic rings. The number of carboxylic acid groups (broad SMARTS) is 1. The van der Waals surface area contributed by atoms with Gasteiger partial charge in [0.1, 0.15) is 5.58 Å². The maximum Gasteiger partial charge on any atom is 0.344 e. The predicted octanol–water partition coefficient (Wildman–Crippen LogP) is 3.12. The molecule has 3 rings (SSSR count). The molecular weight excluding hydrogens is 310 g/mol. The second kappa shape index (κ2) is 6.00. The summed E-state index contributed by atoms with van der Waals surface area (Å²) in [5.74, 6) is -1.23. The van der Waals surface area contributed by atoms with Gasteiger partial charge in [0.05, 0.1) is 11.1 Å². The highest BCUT2D eigenvalue weighted by Gasteiger charge is 2.10. The standard InChI is InChI=1S/C18H13NO5/c1-10(20)19-14-6-7-16-13(8-14)9-15(18(23)24-16)11-2-4-12(5-3-11)17(21)22/h2-9H,1H3,(H,19,20)(H,21,22). The Balaban J connectivity index is 2.09. The first kappa shape index (κ1) is 15.5. The van der Waals surface area contributed by atoms with E-state index in [0.717, 1.165) is 0 Å². The van der Waals surface area contributed by atoms with Crippen LogP contribution >= 0.6 is 0 Å². The van der Waals surface area contributed by atoms with Crippen LogP contribution in [0.1, 0.15) is 17.3 Å². The Morgan fingerprint density at radius 1 is 1.04 bits per heavy atom.